The van der Waals surface area contributed by atoms with Crippen LogP contribution in [-0.4, -0.2) is 15.0 Å². The van der Waals surface area contributed by atoms with E-state index < -0.39 is 0 Å². The highest BCUT2D eigenvalue weighted by Gasteiger charge is 2.10. The first-order valence-corrected chi connectivity index (χ1v) is 6.16. The third-order valence-corrected chi connectivity index (χ3v) is 3.46. The summed E-state index contributed by atoms with van der Waals surface area (Å²) in [6.07, 6.45) is 3.10. The summed E-state index contributed by atoms with van der Waals surface area (Å²) in [6.45, 7) is 0. The molecule has 3 aromatic heterocycles. The number of nitrogens with one attached hydrogen (secondary N) is 2. The van der Waals surface area contributed by atoms with Gasteiger partial charge in [-0.05, 0) is 18.2 Å². The largest absolute Gasteiger partial charge is 0.350 e. The van der Waals surface area contributed by atoms with Crippen LogP contribution >= 0.6 is 0 Å². The van der Waals surface area contributed by atoms with Gasteiger partial charge in [-0.25, -0.2) is 0 Å². The maximum Gasteiger partial charge on any atom is 0.213 e. The summed E-state index contributed by atoms with van der Waals surface area (Å²) in [5, 5.41) is 1.07. The van der Waals surface area contributed by atoms with Crippen LogP contribution in [0.4, 0.5) is 0 Å². The number of fused-ring (bicyclic) bond motifs is 3. The van der Waals surface area contributed by atoms with Crippen molar-refractivity contribution in [1.29, 1.82) is 0 Å². The Balaban J connectivity index is 2.38. The molecule has 0 aliphatic rings. The lowest BCUT2D eigenvalue weighted by Gasteiger charge is -2.04. The Labute approximate surface area is 111 Å². The zero-order valence-corrected chi connectivity index (χ0v) is 10.3. The summed E-state index contributed by atoms with van der Waals surface area (Å²) in [5.41, 5.74) is 1.42. The Morgan fingerprint density at radius 2 is 1.45 bits per heavy atom. The molecule has 0 bridgehead atoms. The predicted molar refractivity (Wildman–Crippen MR) is 78.0 cm³/mol. The van der Waals surface area contributed by atoms with E-state index in [9.17, 15) is 9.59 Å². The third kappa shape index (κ3) is 1.34. The van der Waals surface area contributed by atoms with Crippen LogP contribution in [-0.2, 0) is 0 Å². The van der Waals surface area contributed by atoms with Crippen molar-refractivity contribution in [1.82, 2.24) is 15.0 Å². The molecular formula is C15H9N3O2. The highest BCUT2D eigenvalue weighted by atomic mass is 16.1. The van der Waals surface area contributed by atoms with Gasteiger partial charge in [0.2, 0.25) is 10.9 Å². The fraction of sp³-hybridized carbons (Fsp3) is 0. The van der Waals surface area contributed by atoms with E-state index in [4.69, 9.17) is 0 Å². The number of aromatic nitrogens is 3. The fourth-order valence-electron chi connectivity index (χ4n) is 2.49. The van der Waals surface area contributed by atoms with Crippen molar-refractivity contribution in [3.63, 3.8) is 0 Å². The number of nitrogens with zero attached hydrogens (tertiary/aromatic N) is 1. The Hall–Kier alpha value is -2.95. The highest BCUT2D eigenvalue weighted by molar-refractivity contribution is 5.95. The molecule has 0 aliphatic heterocycles. The van der Waals surface area contributed by atoms with Gasteiger partial charge in [-0.2, -0.15) is 0 Å². The normalized spacial score (nSPS) is 11.4. The predicted octanol–water partition coefficient (Wildman–Crippen LogP) is 1.92. The van der Waals surface area contributed by atoms with Gasteiger partial charge in [0.05, 0.1) is 17.1 Å². The molecule has 4 rings (SSSR count). The maximum atomic E-state index is 12.5. The molecule has 96 valence electrons. The average molecular weight is 263 g/mol. The molecule has 0 radical (unpaired) electrons. The number of pyridine rings is 3. The molecule has 0 atom stereocenters. The molecule has 0 saturated heterocycles. The Bertz CT molecular complexity index is 1000. The van der Waals surface area contributed by atoms with Crippen molar-refractivity contribution in [3.05, 3.63) is 63.2 Å². The molecule has 4 aromatic rings. The summed E-state index contributed by atoms with van der Waals surface area (Å²) >= 11 is 0. The number of hydrogen-bond acceptors (Lipinski definition) is 3. The Kier molecular flexibility index (Phi) is 2.06. The van der Waals surface area contributed by atoms with E-state index in [1.54, 1.807) is 36.7 Å². The van der Waals surface area contributed by atoms with Crippen LogP contribution < -0.4 is 10.9 Å². The van der Waals surface area contributed by atoms with E-state index in [0.717, 1.165) is 0 Å². The number of hydrogen-bond donors (Lipinski definition) is 2. The lowest BCUT2D eigenvalue weighted by Crippen LogP contribution is -2.14. The van der Waals surface area contributed by atoms with Crippen LogP contribution in [0.3, 0.4) is 0 Å². The van der Waals surface area contributed by atoms with E-state index >= 15 is 0 Å². The third-order valence-electron chi connectivity index (χ3n) is 3.46. The molecule has 0 fully saturated rings. The molecular weight excluding hydrogens is 254 g/mol. The Morgan fingerprint density at radius 1 is 0.800 bits per heavy atom. The van der Waals surface area contributed by atoms with Gasteiger partial charge < -0.3 is 9.97 Å². The van der Waals surface area contributed by atoms with Crippen molar-refractivity contribution in [3.8, 4) is 0 Å². The number of benzene rings is 1. The smallest absolute Gasteiger partial charge is 0.213 e. The number of rotatable bonds is 0. The van der Waals surface area contributed by atoms with Crippen LogP contribution in [0.15, 0.2) is 52.3 Å². The van der Waals surface area contributed by atoms with E-state index in [1.165, 1.54) is 0 Å². The molecule has 0 unspecified atom stereocenters. The molecule has 3 heterocycles. The van der Waals surface area contributed by atoms with E-state index in [-0.39, 0.29) is 16.4 Å². The number of para-hydroxylation sites is 1. The maximum absolute atomic E-state index is 12.5. The fourth-order valence-corrected chi connectivity index (χ4v) is 2.49. The second kappa shape index (κ2) is 3.77. The second-order valence-electron chi connectivity index (χ2n) is 4.63. The monoisotopic (exact) mass is 263 g/mol. The van der Waals surface area contributed by atoms with Crippen molar-refractivity contribution >= 4 is 32.8 Å². The van der Waals surface area contributed by atoms with Crippen molar-refractivity contribution in [2.75, 3.05) is 0 Å². The zero-order chi connectivity index (χ0) is 13.7. The van der Waals surface area contributed by atoms with E-state index in [0.29, 0.717) is 27.3 Å². The molecule has 5 nitrogen and oxygen atoms in total. The lowest BCUT2D eigenvalue weighted by atomic mass is 10.1. The topological polar surface area (TPSA) is 78.6 Å². The van der Waals surface area contributed by atoms with Crippen LogP contribution in [0.1, 0.15) is 0 Å². The van der Waals surface area contributed by atoms with Crippen molar-refractivity contribution in [2.45, 2.75) is 0 Å². The summed E-state index contributed by atoms with van der Waals surface area (Å²) in [7, 11) is 0. The molecule has 0 spiro atoms. The quantitative estimate of drug-likeness (QED) is 0.476. The van der Waals surface area contributed by atoms with Crippen molar-refractivity contribution < 1.29 is 0 Å². The molecule has 0 amide bonds. The first-order chi connectivity index (χ1) is 9.75. The summed E-state index contributed by atoms with van der Waals surface area (Å²) in [4.78, 5) is 35.0. The standard InChI is InChI=1S/C15H9N3O2/c19-14-8-3-1-2-4-10(8)17-12-13(14)18-11-7-16-6-5-9(11)15(12)20/h1-7H,(H,17,19)(H,18,20). The molecule has 0 aliphatic carbocycles. The molecule has 0 saturated carbocycles. The second-order valence-corrected chi connectivity index (χ2v) is 4.63. The van der Waals surface area contributed by atoms with Crippen molar-refractivity contribution in [2.24, 2.45) is 0 Å². The van der Waals surface area contributed by atoms with E-state index in [2.05, 4.69) is 15.0 Å². The first-order valence-electron chi connectivity index (χ1n) is 6.16. The van der Waals surface area contributed by atoms with Gasteiger partial charge in [0.1, 0.15) is 11.0 Å². The first kappa shape index (κ1) is 10.9. The minimum atomic E-state index is -0.195. The summed E-state index contributed by atoms with van der Waals surface area (Å²) < 4.78 is 0. The van der Waals surface area contributed by atoms with Crippen LogP contribution in [0.5, 0.6) is 0 Å². The zero-order valence-electron chi connectivity index (χ0n) is 10.3. The summed E-state index contributed by atoms with van der Waals surface area (Å²) in [6, 6.07) is 8.78. The van der Waals surface area contributed by atoms with Crippen LogP contribution in [0.25, 0.3) is 32.8 Å². The molecule has 2 N–H and O–H groups in total. The highest BCUT2D eigenvalue weighted by Crippen LogP contribution is 2.13. The molecule has 20 heavy (non-hydrogen) atoms. The van der Waals surface area contributed by atoms with Gasteiger partial charge >= 0.3 is 0 Å². The van der Waals surface area contributed by atoms with Gasteiger partial charge in [-0.1, -0.05) is 12.1 Å². The number of aromatic amines is 2. The van der Waals surface area contributed by atoms with E-state index in [1.807, 2.05) is 6.07 Å². The van der Waals surface area contributed by atoms with Gasteiger partial charge in [-0.3, -0.25) is 14.6 Å². The summed E-state index contributed by atoms with van der Waals surface area (Å²) in [5.74, 6) is 0. The minimum Gasteiger partial charge on any atom is -0.350 e. The number of H-pyrrole nitrogens is 2. The van der Waals surface area contributed by atoms with Gasteiger partial charge in [-0.15, -0.1) is 0 Å². The van der Waals surface area contributed by atoms with Crippen LogP contribution in [0, 0.1) is 0 Å². The molecule has 1 aromatic carbocycles. The average Bonchev–Trinajstić information content (AvgIpc) is 2.49. The van der Waals surface area contributed by atoms with Gasteiger partial charge in [0.25, 0.3) is 0 Å². The van der Waals surface area contributed by atoms with Gasteiger partial charge in [0.15, 0.2) is 0 Å². The lowest BCUT2D eigenvalue weighted by molar-refractivity contribution is 1.31. The Morgan fingerprint density at radius 3 is 2.25 bits per heavy atom. The van der Waals surface area contributed by atoms with Crippen LogP contribution in [0.2, 0.25) is 0 Å². The minimum absolute atomic E-state index is 0.183. The molecule has 5 heteroatoms. The van der Waals surface area contributed by atoms with Gasteiger partial charge in [0, 0.05) is 17.1 Å². The SMILES string of the molecule is O=c1c2ccccc2[nH]c2c(=O)c3ccncc3[nH]c12.